The summed E-state index contributed by atoms with van der Waals surface area (Å²) in [5, 5.41) is 3.70. The van der Waals surface area contributed by atoms with Crippen molar-refractivity contribution in [3.05, 3.63) is 64.7 Å². The van der Waals surface area contributed by atoms with E-state index in [9.17, 15) is 4.79 Å². The summed E-state index contributed by atoms with van der Waals surface area (Å²) in [6, 6.07) is 15.5. The van der Waals surface area contributed by atoms with Crippen LogP contribution in [-0.2, 0) is 16.1 Å². The molecule has 2 aromatic carbocycles. The van der Waals surface area contributed by atoms with Crippen LogP contribution >= 0.6 is 11.6 Å². The molecule has 0 saturated carbocycles. The number of ether oxygens (including phenoxy) is 2. The quantitative estimate of drug-likeness (QED) is 0.627. The molecule has 4 nitrogen and oxygen atoms in total. The molecule has 0 aliphatic rings. The number of hydrogen-bond donors (Lipinski definition) is 1. The second-order valence-corrected chi connectivity index (χ2v) is 7.15. The van der Waals surface area contributed by atoms with Gasteiger partial charge in [-0.05, 0) is 49.6 Å². The summed E-state index contributed by atoms with van der Waals surface area (Å²) < 4.78 is 11.6. The molecule has 0 aliphatic heterocycles. The maximum atomic E-state index is 12.3. The lowest BCUT2D eigenvalue weighted by atomic mass is 10.2. The smallest absolute Gasteiger partial charge is 0.224 e. The van der Waals surface area contributed by atoms with E-state index in [1.807, 2.05) is 63.2 Å². The van der Waals surface area contributed by atoms with E-state index < -0.39 is 0 Å². The zero-order valence-corrected chi connectivity index (χ0v) is 17.0. The summed E-state index contributed by atoms with van der Waals surface area (Å²) in [6.07, 6.45) is 0.871. The third-order valence-corrected chi connectivity index (χ3v) is 4.46. The van der Waals surface area contributed by atoms with Crippen LogP contribution in [0.5, 0.6) is 5.75 Å². The average molecular weight is 390 g/mol. The van der Waals surface area contributed by atoms with Gasteiger partial charge in [-0.3, -0.25) is 4.79 Å². The first-order chi connectivity index (χ1) is 13.0. The predicted molar refractivity (Wildman–Crippen MR) is 109 cm³/mol. The molecular weight excluding hydrogens is 362 g/mol. The van der Waals surface area contributed by atoms with Crippen molar-refractivity contribution in [1.82, 2.24) is 5.32 Å². The first-order valence-corrected chi connectivity index (χ1v) is 9.69. The summed E-state index contributed by atoms with van der Waals surface area (Å²) in [5.74, 6) is 0.710. The zero-order valence-electron chi connectivity index (χ0n) is 16.2. The zero-order chi connectivity index (χ0) is 19.6. The molecule has 0 aromatic heterocycles. The Hall–Kier alpha value is -2.04. The SMILES string of the molecule is CC[C@@H](COCc1ccccc1)NC(=O)C[C@@H](C)Oc1ccc(Cl)cc1C. The van der Waals surface area contributed by atoms with E-state index in [0.29, 0.717) is 18.2 Å². The first kappa shape index (κ1) is 21.3. The van der Waals surface area contributed by atoms with E-state index in [4.69, 9.17) is 21.1 Å². The van der Waals surface area contributed by atoms with Gasteiger partial charge in [0.2, 0.25) is 5.91 Å². The number of aryl methyl sites for hydroxylation is 1. The fourth-order valence-electron chi connectivity index (χ4n) is 2.71. The minimum absolute atomic E-state index is 0.00863. The van der Waals surface area contributed by atoms with Crippen LogP contribution in [0.25, 0.3) is 0 Å². The maximum Gasteiger partial charge on any atom is 0.224 e. The van der Waals surface area contributed by atoms with Gasteiger partial charge in [0.05, 0.1) is 25.7 Å². The van der Waals surface area contributed by atoms with Crippen molar-refractivity contribution in [1.29, 1.82) is 0 Å². The fourth-order valence-corrected chi connectivity index (χ4v) is 2.93. The van der Waals surface area contributed by atoms with Crippen LogP contribution in [0.1, 0.15) is 37.8 Å². The molecule has 0 saturated heterocycles. The molecule has 0 heterocycles. The summed E-state index contributed by atoms with van der Waals surface area (Å²) in [4.78, 5) is 12.3. The molecule has 146 valence electrons. The Morgan fingerprint density at radius 1 is 1.19 bits per heavy atom. The van der Waals surface area contributed by atoms with Gasteiger partial charge in [0.15, 0.2) is 0 Å². The van der Waals surface area contributed by atoms with Crippen LogP contribution < -0.4 is 10.1 Å². The van der Waals surface area contributed by atoms with Crippen molar-refractivity contribution >= 4 is 17.5 Å². The Labute approximate surface area is 166 Å². The highest BCUT2D eigenvalue weighted by Gasteiger charge is 2.15. The number of amides is 1. The molecule has 2 aromatic rings. The molecule has 1 N–H and O–H groups in total. The molecule has 1 amide bonds. The molecule has 27 heavy (non-hydrogen) atoms. The van der Waals surface area contributed by atoms with Crippen LogP contribution in [0.15, 0.2) is 48.5 Å². The third kappa shape index (κ3) is 7.61. The highest BCUT2D eigenvalue weighted by atomic mass is 35.5. The number of carbonyl (C=O) groups is 1. The highest BCUT2D eigenvalue weighted by molar-refractivity contribution is 6.30. The molecule has 2 atom stereocenters. The Bertz CT molecular complexity index is 721. The molecule has 0 fully saturated rings. The highest BCUT2D eigenvalue weighted by Crippen LogP contribution is 2.23. The van der Waals surface area contributed by atoms with Crippen molar-refractivity contribution in [2.45, 2.75) is 52.4 Å². The van der Waals surface area contributed by atoms with Crippen molar-refractivity contribution in [3.63, 3.8) is 0 Å². The van der Waals surface area contributed by atoms with E-state index in [-0.39, 0.29) is 24.5 Å². The Kier molecular flexibility index (Phi) is 8.62. The Morgan fingerprint density at radius 2 is 1.93 bits per heavy atom. The molecule has 0 unspecified atom stereocenters. The van der Waals surface area contributed by atoms with Gasteiger partial charge in [-0.15, -0.1) is 0 Å². The molecule has 0 aliphatic carbocycles. The number of halogens is 1. The van der Waals surface area contributed by atoms with E-state index in [0.717, 1.165) is 23.3 Å². The van der Waals surface area contributed by atoms with Gasteiger partial charge in [0, 0.05) is 5.02 Å². The van der Waals surface area contributed by atoms with E-state index >= 15 is 0 Å². The largest absolute Gasteiger partial charge is 0.490 e. The van der Waals surface area contributed by atoms with Gasteiger partial charge in [0.1, 0.15) is 11.9 Å². The summed E-state index contributed by atoms with van der Waals surface area (Å²) in [6.45, 7) is 6.89. The Balaban J connectivity index is 1.74. The number of carbonyl (C=O) groups excluding carboxylic acids is 1. The monoisotopic (exact) mass is 389 g/mol. The fraction of sp³-hybridized carbons (Fsp3) is 0.409. The molecular formula is C22H28ClNO3. The van der Waals surface area contributed by atoms with Crippen LogP contribution in [0.2, 0.25) is 5.02 Å². The molecule has 0 bridgehead atoms. The second kappa shape index (κ2) is 11.0. The number of rotatable bonds is 10. The lowest BCUT2D eigenvalue weighted by molar-refractivity contribution is -0.123. The standard InChI is InChI=1S/C22H28ClNO3/c1-4-20(15-26-14-18-8-6-5-7-9-18)24-22(25)13-17(3)27-21-11-10-19(23)12-16(21)2/h5-12,17,20H,4,13-15H2,1-3H3,(H,24,25)/t17-,20+/m1/s1. The number of nitrogens with one attached hydrogen (secondary N) is 1. The normalized spacial score (nSPS) is 13.0. The van der Waals surface area contributed by atoms with Gasteiger partial charge in [-0.2, -0.15) is 0 Å². The molecule has 0 radical (unpaired) electrons. The van der Waals surface area contributed by atoms with Crippen LogP contribution in [-0.4, -0.2) is 24.7 Å². The first-order valence-electron chi connectivity index (χ1n) is 9.31. The summed E-state index contributed by atoms with van der Waals surface area (Å²) in [7, 11) is 0. The summed E-state index contributed by atoms with van der Waals surface area (Å²) >= 11 is 5.96. The number of hydrogen-bond acceptors (Lipinski definition) is 3. The van der Waals surface area contributed by atoms with E-state index in [2.05, 4.69) is 5.32 Å². The lowest BCUT2D eigenvalue weighted by Crippen LogP contribution is -2.39. The lowest BCUT2D eigenvalue weighted by Gasteiger charge is -2.20. The van der Waals surface area contributed by atoms with E-state index in [1.165, 1.54) is 0 Å². The van der Waals surface area contributed by atoms with Crippen molar-refractivity contribution in [3.8, 4) is 5.75 Å². The van der Waals surface area contributed by atoms with Gasteiger partial charge in [-0.25, -0.2) is 0 Å². The average Bonchev–Trinajstić information content (AvgIpc) is 2.64. The minimum Gasteiger partial charge on any atom is -0.490 e. The molecule has 5 heteroatoms. The van der Waals surface area contributed by atoms with Gasteiger partial charge >= 0.3 is 0 Å². The van der Waals surface area contributed by atoms with Gasteiger partial charge in [-0.1, -0.05) is 48.9 Å². The molecule has 2 rings (SSSR count). The number of benzene rings is 2. The maximum absolute atomic E-state index is 12.3. The van der Waals surface area contributed by atoms with Crippen molar-refractivity contribution in [2.24, 2.45) is 0 Å². The topological polar surface area (TPSA) is 47.6 Å². The van der Waals surface area contributed by atoms with Crippen LogP contribution in [0, 0.1) is 6.92 Å². The van der Waals surface area contributed by atoms with Crippen LogP contribution in [0.3, 0.4) is 0 Å². The minimum atomic E-state index is -0.229. The summed E-state index contributed by atoms with van der Waals surface area (Å²) in [5.41, 5.74) is 2.08. The molecule has 0 spiro atoms. The van der Waals surface area contributed by atoms with Crippen molar-refractivity contribution < 1.29 is 14.3 Å². The van der Waals surface area contributed by atoms with Gasteiger partial charge in [0.25, 0.3) is 0 Å². The Morgan fingerprint density at radius 3 is 2.59 bits per heavy atom. The van der Waals surface area contributed by atoms with Crippen molar-refractivity contribution in [2.75, 3.05) is 6.61 Å². The van der Waals surface area contributed by atoms with E-state index in [1.54, 1.807) is 6.07 Å². The predicted octanol–water partition coefficient (Wildman–Crippen LogP) is 4.92. The van der Waals surface area contributed by atoms with Gasteiger partial charge < -0.3 is 14.8 Å². The third-order valence-electron chi connectivity index (χ3n) is 4.23. The second-order valence-electron chi connectivity index (χ2n) is 6.72. The van der Waals surface area contributed by atoms with Crippen LogP contribution in [0.4, 0.5) is 0 Å².